The Bertz CT molecular complexity index is 533. The Morgan fingerprint density at radius 1 is 1.44 bits per heavy atom. The first kappa shape index (κ1) is 12.1. The summed E-state index contributed by atoms with van der Waals surface area (Å²) in [5, 5.41) is 15.9. The quantitative estimate of drug-likeness (QED) is 0.827. The average Bonchev–Trinajstić information content (AvgIpc) is 2.76. The van der Waals surface area contributed by atoms with Crippen LogP contribution >= 0.6 is 0 Å². The van der Waals surface area contributed by atoms with Gasteiger partial charge in [0.25, 0.3) is 0 Å². The summed E-state index contributed by atoms with van der Waals surface area (Å²) in [5.74, 6) is -0.298. The van der Waals surface area contributed by atoms with E-state index in [0.717, 1.165) is 18.5 Å². The molecule has 0 spiro atoms. The van der Waals surface area contributed by atoms with Crippen LogP contribution in [0.1, 0.15) is 15.9 Å². The van der Waals surface area contributed by atoms with Crippen molar-refractivity contribution in [2.24, 2.45) is 7.05 Å². The van der Waals surface area contributed by atoms with Crippen LogP contribution in [0.4, 0.5) is 5.82 Å². The number of nitrogens with zero attached hydrogens (tertiary/aromatic N) is 3. The number of anilines is 1. The first-order chi connectivity index (χ1) is 8.65. The van der Waals surface area contributed by atoms with E-state index in [1.807, 2.05) is 19.4 Å². The summed E-state index contributed by atoms with van der Waals surface area (Å²) in [7, 11) is 1.88. The van der Waals surface area contributed by atoms with E-state index in [9.17, 15) is 4.79 Å². The summed E-state index contributed by atoms with van der Waals surface area (Å²) >= 11 is 0. The highest BCUT2D eigenvalue weighted by Crippen LogP contribution is 2.05. The van der Waals surface area contributed by atoms with Gasteiger partial charge >= 0.3 is 5.97 Å². The number of carbonyl (C=O) groups is 1. The Labute approximate surface area is 104 Å². The Balaban J connectivity index is 1.85. The zero-order valence-electron chi connectivity index (χ0n) is 10.00. The van der Waals surface area contributed by atoms with E-state index >= 15 is 0 Å². The van der Waals surface area contributed by atoms with E-state index in [2.05, 4.69) is 15.4 Å². The predicted octanol–water partition coefficient (Wildman–Crippen LogP) is 1.17. The third-order valence-electron chi connectivity index (χ3n) is 2.49. The number of rotatable bonds is 5. The lowest BCUT2D eigenvalue weighted by Gasteiger charge is -2.04. The zero-order valence-corrected chi connectivity index (χ0v) is 10.00. The van der Waals surface area contributed by atoms with Gasteiger partial charge in [0.1, 0.15) is 5.82 Å². The summed E-state index contributed by atoms with van der Waals surface area (Å²) < 4.78 is 1.76. The highest BCUT2D eigenvalue weighted by Gasteiger charge is 2.02. The lowest BCUT2D eigenvalue weighted by Crippen LogP contribution is -2.06. The summed E-state index contributed by atoms with van der Waals surface area (Å²) in [5.41, 5.74) is 1.33. The van der Waals surface area contributed by atoms with Gasteiger partial charge in [0.05, 0.1) is 11.8 Å². The molecule has 94 valence electrons. The van der Waals surface area contributed by atoms with Crippen molar-refractivity contribution in [1.82, 2.24) is 14.8 Å². The molecule has 18 heavy (non-hydrogen) atoms. The van der Waals surface area contributed by atoms with E-state index in [1.54, 1.807) is 10.7 Å². The molecule has 0 bridgehead atoms. The molecule has 0 aromatic carbocycles. The maximum Gasteiger partial charge on any atom is 0.337 e. The number of hydrogen-bond donors (Lipinski definition) is 2. The Kier molecular flexibility index (Phi) is 3.57. The lowest BCUT2D eigenvalue weighted by atomic mass is 10.2. The average molecular weight is 246 g/mol. The monoisotopic (exact) mass is 246 g/mol. The number of aryl methyl sites for hydroxylation is 1. The number of aromatic carboxylic acids is 1. The van der Waals surface area contributed by atoms with E-state index < -0.39 is 5.97 Å². The van der Waals surface area contributed by atoms with Gasteiger partial charge in [-0.15, -0.1) is 0 Å². The molecule has 0 amide bonds. The largest absolute Gasteiger partial charge is 0.478 e. The molecule has 2 heterocycles. The van der Waals surface area contributed by atoms with Gasteiger partial charge < -0.3 is 10.4 Å². The minimum absolute atomic E-state index is 0.188. The molecule has 2 N–H and O–H groups in total. The highest BCUT2D eigenvalue weighted by atomic mass is 16.4. The number of nitrogens with one attached hydrogen (secondary N) is 1. The van der Waals surface area contributed by atoms with Crippen molar-refractivity contribution in [2.75, 3.05) is 11.9 Å². The third kappa shape index (κ3) is 3.07. The van der Waals surface area contributed by atoms with Gasteiger partial charge in [-0.05, 0) is 24.1 Å². The van der Waals surface area contributed by atoms with Gasteiger partial charge in [-0.3, -0.25) is 4.68 Å². The highest BCUT2D eigenvalue weighted by molar-refractivity contribution is 5.87. The molecular weight excluding hydrogens is 232 g/mol. The summed E-state index contributed by atoms with van der Waals surface area (Å²) in [4.78, 5) is 14.7. The lowest BCUT2D eigenvalue weighted by molar-refractivity contribution is 0.0696. The first-order valence-corrected chi connectivity index (χ1v) is 5.56. The molecule has 0 aliphatic carbocycles. The fourth-order valence-electron chi connectivity index (χ4n) is 1.56. The molecule has 0 saturated heterocycles. The summed E-state index contributed by atoms with van der Waals surface area (Å²) in [6.07, 6.45) is 5.97. The molecule has 6 nitrogen and oxygen atoms in total. The Hall–Kier alpha value is -2.37. The predicted molar refractivity (Wildman–Crippen MR) is 66.6 cm³/mol. The van der Waals surface area contributed by atoms with Crippen molar-refractivity contribution in [3.8, 4) is 0 Å². The zero-order chi connectivity index (χ0) is 13.0. The van der Waals surface area contributed by atoms with E-state index in [4.69, 9.17) is 5.11 Å². The molecule has 2 rings (SSSR count). The smallest absolute Gasteiger partial charge is 0.337 e. The van der Waals surface area contributed by atoms with Gasteiger partial charge in [-0.1, -0.05) is 0 Å². The molecule has 0 fully saturated rings. The summed E-state index contributed by atoms with van der Waals surface area (Å²) in [6, 6.07) is 3.19. The van der Waals surface area contributed by atoms with Crippen molar-refractivity contribution < 1.29 is 9.90 Å². The SMILES string of the molecule is Cn1cc(CCNc2ccc(C(=O)O)cn2)cn1. The van der Waals surface area contributed by atoms with Gasteiger partial charge in [0.15, 0.2) is 0 Å². The van der Waals surface area contributed by atoms with Crippen molar-refractivity contribution in [1.29, 1.82) is 0 Å². The van der Waals surface area contributed by atoms with Crippen LogP contribution in [-0.4, -0.2) is 32.4 Å². The molecule has 0 radical (unpaired) electrons. The van der Waals surface area contributed by atoms with Crippen molar-refractivity contribution in [3.05, 3.63) is 41.9 Å². The number of carboxylic acids is 1. The van der Waals surface area contributed by atoms with Crippen LogP contribution in [0, 0.1) is 0 Å². The van der Waals surface area contributed by atoms with E-state index in [1.165, 1.54) is 12.3 Å². The van der Waals surface area contributed by atoms with Crippen LogP contribution < -0.4 is 5.32 Å². The molecular formula is C12H14N4O2. The number of pyridine rings is 1. The Morgan fingerprint density at radius 3 is 2.83 bits per heavy atom. The number of hydrogen-bond acceptors (Lipinski definition) is 4. The van der Waals surface area contributed by atoms with E-state index in [-0.39, 0.29) is 5.56 Å². The molecule has 0 atom stereocenters. The van der Waals surface area contributed by atoms with Crippen LogP contribution in [0.2, 0.25) is 0 Å². The molecule has 2 aromatic heterocycles. The molecule has 0 aliphatic rings. The van der Waals surface area contributed by atoms with Crippen LogP contribution in [0.25, 0.3) is 0 Å². The van der Waals surface area contributed by atoms with Crippen LogP contribution in [0.5, 0.6) is 0 Å². The molecule has 0 unspecified atom stereocenters. The summed E-state index contributed by atoms with van der Waals surface area (Å²) in [6.45, 7) is 0.727. The fraction of sp³-hybridized carbons (Fsp3) is 0.250. The third-order valence-corrected chi connectivity index (χ3v) is 2.49. The second kappa shape index (κ2) is 5.31. The second-order valence-electron chi connectivity index (χ2n) is 3.94. The van der Waals surface area contributed by atoms with Gasteiger partial charge in [0.2, 0.25) is 0 Å². The van der Waals surface area contributed by atoms with Gasteiger partial charge in [-0.25, -0.2) is 9.78 Å². The first-order valence-electron chi connectivity index (χ1n) is 5.56. The minimum atomic E-state index is -0.968. The van der Waals surface area contributed by atoms with Crippen molar-refractivity contribution >= 4 is 11.8 Å². The topological polar surface area (TPSA) is 80.0 Å². The van der Waals surface area contributed by atoms with Crippen LogP contribution in [0.3, 0.4) is 0 Å². The van der Waals surface area contributed by atoms with Crippen LogP contribution in [0.15, 0.2) is 30.7 Å². The standard InChI is InChI=1S/C12H14N4O2/c1-16-8-9(6-15-16)4-5-13-11-3-2-10(7-14-11)12(17)18/h2-3,6-8H,4-5H2,1H3,(H,13,14)(H,17,18). The molecule has 6 heteroatoms. The number of aromatic nitrogens is 3. The fourth-order valence-corrected chi connectivity index (χ4v) is 1.56. The molecule has 0 aliphatic heterocycles. The maximum atomic E-state index is 10.6. The molecule has 0 saturated carbocycles. The van der Waals surface area contributed by atoms with Gasteiger partial charge in [0, 0.05) is 26.0 Å². The Morgan fingerprint density at radius 2 is 2.28 bits per heavy atom. The number of carboxylic acid groups (broad SMARTS) is 1. The molecule has 2 aromatic rings. The van der Waals surface area contributed by atoms with E-state index in [0.29, 0.717) is 5.82 Å². The van der Waals surface area contributed by atoms with Crippen LogP contribution in [-0.2, 0) is 13.5 Å². The normalized spacial score (nSPS) is 10.3. The second-order valence-corrected chi connectivity index (χ2v) is 3.94. The minimum Gasteiger partial charge on any atom is -0.478 e. The van der Waals surface area contributed by atoms with Crippen molar-refractivity contribution in [2.45, 2.75) is 6.42 Å². The maximum absolute atomic E-state index is 10.6. The van der Waals surface area contributed by atoms with Crippen molar-refractivity contribution in [3.63, 3.8) is 0 Å². The van der Waals surface area contributed by atoms with Gasteiger partial charge in [-0.2, -0.15) is 5.10 Å².